The minimum absolute atomic E-state index is 0.168. The van der Waals surface area contributed by atoms with Crippen LogP contribution in [0, 0.1) is 5.41 Å². The van der Waals surface area contributed by atoms with Crippen LogP contribution in [0.5, 0.6) is 11.5 Å². The van der Waals surface area contributed by atoms with Crippen molar-refractivity contribution < 1.29 is 9.84 Å². The molecular weight excluding hydrogens is 330 g/mol. The van der Waals surface area contributed by atoms with E-state index in [1.807, 2.05) is 30.5 Å². The Kier molecular flexibility index (Phi) is 3.55. The first-order valence-electron chi connectivity index (χ1n) is 8.12. The third-order valence-electron chi connectivity index (χ3n) is 5.13. The smallest absolute Gasteiger partial charge is 0.173 e. The van der Waals surface area contributed by atoms with Crippen LogP contribution in [-0.2, 0) is 5.41 Å². The van der Waals surface area contributed by atoms with E-state index < -0.39 is 0 Å². The van der Waals surface area contributed by atoms with Gasteiger partial charge in [-0.3, -0.25) is 5.41 Å². The van der Waals surface area contributed by atoms with Gasteiger partial charge in [-0.1, -0.05) is 38.1 Å². The SMILES string of the molecule is CSc1cc2c(O)cc3c(c2cc1OC=N)-c1ccccc1C3(C)C. The van der Waals surface area contributed by atoms with Gasteiger partial charge in [0.25, 0.3) is 0 Å². The second-order valence-corrected chi connectivity index (χ2v) is 7.62. The second-order valence-electron chi connectivity index (χ2n) is 6.77. The summed E-state index contributed by atoms with van der Waals surface area (Å²) in [6, 6.07) is 14.2. The van der Waals surface area contributed by atoms with Gasteiger partial charge in [-0.25, -0.2) is 0 Å². The largest absolute Gasteiger partial charge is 0.507 e. The molecule has 0 saturated carbocycles. The highest BCUT2D eigenvalue weighted by Gasteiger charge is 2.37. The first-order chi connectivity index (χ1) is 12.0. The summed E-state index contributed by atoms with van der Waals surface area (Å²) in [7, 11) is 0. The minimum Gasteiger partial charge on any atom is -0.507 e. The van der Waals surface area contributed by atoms with E-state index >= 15 is 0 Å². The molecule has 0 radical (unpaired) electrons. The van der Waals surface area contributed by atoms with Crippen LogP contribution >= 0.6 is 11.8 Å². The quantitative estimate of drug-likeness (QED) is 0.370. The van der Waals surface area contributed by atoms with Crippen LogP contribution in [0.1, 0.15) is 25.0 Å². The molecule has 4 heteroatoms. The molecule has 2 N–H and O–H groups in total. The number of aromatic hydroxyl groups is 1. The Morgan fingerprint density at radius 3 is 2.56 bits per heavy atom. The van der Waals surface area contributed by atoms with Crippen molar-refractivity contribution in [2.45, 2.75) is 24.2 Å². The molecule has 126 valence electrons. The Morgan fingerprint density at radius 1 is 1.08 bits per heavy atom. The summed E-state index contributed by atoms with van der Waals surface area (Å²) in [5, 5.41) is 19.8. The molecule has 1 aliphatic carbocycles. The van der Waals surface area contributed by atoms with Gasteiger partial charge in [-0.05, 0) is 52.1 Å². The summed E-state index contributed by atoms with van der Waals surface area (Å²) < 4.78 is 5.41. The number of rotatable bonds is 3. The van der Waals surface area contributed by atoms with Crippen molar-refractivity contribution in [3.05, 3.63) is 53.6 Å². The van der Waals surface area contributed by atoms with Crippen LogP contribution in [0.4, 0.5) is 0 Å². The van der Waals surface area contributed by atoms with Crippen molar-refractivity contribution in [1.82, 2.24) is 0 Å². The van der Waals surface area contributed by atoms with Crippen LogP contribution in [0.2, 0.25) is 0 Å². The molecule has 0 aromatic heterocycles. The number of phenolic OH excluding ortho intramolecular Hbond substituents is 1. The molecular formula is C21H19NO2S. The molecule has 0 amide bonds. The number of nitrogens with one attached hydrogen (secondary N) is 1. The Morgan fingerprint density at radius 2 is 1.84 bits per heavy atom. The lowest BCUT2D eigenvalue weighted by molar-refractivity contribution is 0.479. The average Bonchev–Trinajstić information content (AvgIpc) is 2.83. The topological polar surface area (TPSA) is 53.3 Å². The molecule has 3 aromatic carbocycles. The third kappa shape index (κ3) is 2.17. The standard InChI is InChI=1S/C21H19NO2S/c1-21(2)15-7-5-4-6-12(15)20-14-8-18(24-11-22)19(25-3)9-13(14)17(23)10-16(20)21/h4-11,22-23H,1-3H3. The summed E-state index contributed by atoms with van der Waals surface area (Å²) >= 11 is 1.54. The average molecular weight is 349 g/mol. The fourth-order valence-electron chi connectivity index (χ4n) is 3.90. The highest BCUT2D eigenvalue weighted by Crippen LogP contribution is 2.53. The first kappa shape index (κ1) is 16.0. The molecule has 1 aliphatic rings. The van der Waals surface area contributed by atoms with Gasteiger partial charge in [0, 0.05) is 10.8 Å². The number of thioether (sulfide) groups is 1. The van der Waals surface area contributed by atoms with Crippen LogP contribution in [-0.4, -0.2) is 17.8 Å². The van der Waals surface area contributed by atoms with Crippen LogP contribution in [0.15, 0.2) is 47.4 Å². The second kappa shape index (κ2) is 5.53. The molecule has 0 aliphatic heterocycles. The summed E-state index contributed by atoms with van der Waals surface area (Å²) in [4.78, 5) is 0.900. The molecule has 3 aromatic rings. The fourth-order valence-corrected chi connectivity index (χ4v) is 4.44. The summed E-state index contributed by atoms with van der Waals surface area (Å²) in [5.41, 5.74) is 4.57. The Bertz CT molecular complexity index is 1020. The van der Waals surface area contributed by atoms with E-state index in [0.29, 0.717) is 5.75 Å². The molecule has 3 nitrogen and oxygen atoms in total. The minimum atomic E-state index is -0.168. The molecule has 0 bridgehead atoms. The summed E-state index contributed by atoms with van der Waals surface area (Å²) in [5.74, 6) is 0.927. The van der Waals surface area contributed by atoms with E-state index in [2.05, 4.69) is 32.0 Å². The number of hydrogen-bond acceptors (Lipinski definition) is 4. The zero-order valence-corrected chi connectivity index (χ0v) is 15.2. The van der Waals surface area contributed by atoms with Crippen LogP contribution in [0.3, 0.4) is 0 Å². The van der Waals surface area contributed by atoms with Gasteiger partial charge in [0.05, 0.1) is 4.90 Å². The van der Waals surface area contributed by atoms with Gasteiger partial charge in [0.1, 0.15) is 11.5 Å². The van der Waals surface area contributed by atoms with Crippen molar-refractivity contribution in [2.24, 2.45) is 0 Å². The van der Waals surface area contributed by atoms with Gasteiger partial charge in [0.15, 0.2) is 6.40 Å². The lowest BCUT2D eigenvalue weighted by Crippen LogP contribution is -2.14. The molecule has 0 fully saturated rings. The van der Waals surface area contributed by atoms with Gasteiger partial charge in [-0.2, -0.15) is 0 Å². The molecule has 25 heavy (non-hydrogen) atoms. The van der Waals surface area contributed by atoms with Gasteiger partial charge in [0.2, 0.25) is 0 Å². The molecule has 4 rings (SSSR count). The Balaban J connectivity index is 2.16. The van der Waals surface area contributed by atoms with E-state index in [0.717, 1.165) is 33.2 Å². The van der Waals surface area contributed by atoms with Gasteiger partial charge < -0.3 is 9.84 Å². The zero-order valence-electron chi connectivity index (χ0n) is 14.4. The first-order valence-corrected chi connectivity index (χ1v) is 9.35. The third-order valence-corrected chi connectivity index (χ3v) is 5.89. The molecule has 0 heterocycles. The van der Waals surface area contributed by atoms with Crippen molar-refractivity contribution in [3.63, 3.8) is 0 Å². The highest BCUT2D eigenvalue weighted by molar-refractivity contribution is 7.98. The van der Waals surface area contributed by atoms with Gasteiger partial charge in [-0.15, -0.1) is 11.8 Å². The fraction of sp³-hybridized carbons (Fsp3) is 0.190. The maximum absolute atomic E-state index is 10.7. The van der Waals surface area contributed by atoms with E-state index in [1.165, 1.54) is 22.9 Å². The van der Waals surface area contributed by atoms with E-state index in [4.69, 9.17) is 10.1 Å². The van der Waals surface area contributed by atoms with Crippen LogP contribution in [0.25, 0.3) is 21.9 Å². The lowest BCUT2D eigenvalue weighted by Gasteiger charge is -2.22. The van der Waals surface area contributed by atoms with Crippen molar-refractivity contribution >= 4 is 28.9 Å². The van der Waals surface area contributed by atoms with E-state index in [1.54, 1.807) is 0 Å². The number of ether oxygens (including phenoxy) is 1. The predicted molar refractivity (Wildman–Crippen MR) is 104 cm³/mol. The van der Waals surface area contributed by atoms with Crippen LogP contribution < -0.4 is 4.74 Å². The number of hydrogen-bond donors (Lipinski definition) is 2. The number of benzene rings is 3. The normalized spacial score (nSPS) is 14.2. The number of fused-ring (bicyclic) bond motifs is 5. The van der Waals surface area contributed by atoms with E-state index in [-0.39, 0.29) is 11.2 Å². The predicted octanol–water partition coefficient (Wildman–Crippen LogP) is 5.56. The maximum Gasteiger partial charge on any atom is 0.173 e. The molecule has 0 saturated heterocycles. The Hall–Kier alpha value is -2.46. The Labute approximate surface area is 151 Å². The lowest BCUT2D eigenvalue weighted by atomic mass is 9.82. The highest BCUT2D eigenvalue weighted by atomic mass is 32.2. The molecule has 0 atom stereocenters. The maximum atomic E-state index is 10.7. The molecule has 0 unspecified atom stereocenters. The van der Waals surface area contributed by atoms with Crippen molar-refractivity contribution in [3.8, 4) is 22.6 Å². The monoisotopic (exact) mass is 349 g/mol. The molecule has 0 spiro atoms. The van der Waals surface area contributed by atoms with Crippen molar-refractivity contribution in [2.75, 3.05) is 6.26 Å². The summed E-state index contributed by atoms with van der Waals surface area (Å²) in [6.07, 6.45) is 2.91. The van der Waals surface area contributed by atoms with Gasteiger partial charge >= 0.3 is 0 Å². The van der Waals surface area contributed by atoms with E-state index in [9.17, 15) is 5.11 Å². The zero-order chi connectivity index (χ0) is 17.8. The van der Waals surface area contributed by atoms with Crippen molar-refractivity contribution in [1.29, 1.82) is 5.41 Å². The summed E-state index contributed by atoms with van der Waals surface area (Å²) in [6.45, 7) is 4.38. The number of phenols is 1.